The molecule has 1 rings (SSSR count). The molecule has 0 heterocycles. The van der Waals surface area contributed by atoms with Crippen molar-refractivity contribution < 1.29 is 18.0 Å². The van der Waals surface area contributed by atoms with E-state index in [1.807, 2.05) is 0 Å². The highest BCUT2D eigenvalue weighted by molar-refractivity contribution is 6.30. The van der Waals surface area contributed by atoms with Gasteiger partial charge in [0.05, 0.1) is 17.3 Å². The minimum absolute atomic E-state index is 0.0855. The first-order valence-electron chi connectivity index (χ1n) is 5.36. The van der Waals surface area contributed by atoms with Gasteiger partial charge in [-0.3, -0.25) is 4.79 Å². The second-order valence-corrected chi connectivity index (χ2v) is 4.20. The number of carbonyl (C=O) groups is 1. The molecule has 3 nitrogen and oxygen atoms in total. The van der Waals surface area contributed by atoms with E-state index in [-0.39, 0.29) is 11.4 Å². The van der Waals surface area contributed by atoms with Gasteiger partial charge in [-0.05, 0) is 24.6 Å². The van der Waals surface area contributed by atoms with Crippen molar-refractivity contribution in [3.8, 4) is 6.07 Å². The van der Waals surface area contributed by atoms with Gasteiger partial charge in [0.15, 0.2) is 0 Å². The van der Waals surface area contributed by atoms with E-state index in [9.17, 15) is 18.0 Å². The van der Waals surface area contributed by atoms with Crippen LogP contribution in [-0.4, -0.2) is 5.91 Å². The maximum atomic E-state index is 12.8. The number of alkyl halides is 3. The van der Waals surface area contributed by atoms with Crippen molar-refractivity contribution in [2.24, 2.45) is 5.92 Å². The lowest BCUT2D eigenvalue weighted by atomic mass is 10.1. The number of benzene rings is 1. The predicted octanol–water partition coefficient (Wildman–Crippen LogP) is 3.85. The Kier molecular flexibility index (Phi) is 4.78. The molecular weight excluding hydrogens is 281 g/mol. The molecule has 1 amide bonds. The highest BCUT2D eigenvalue weighted by atomic mass is 35.5. The molecule has 102 valence electrons. The molecule has 1 atom stereocenters. The Labute approximate surface area is 113 Å². The number of halogens is 4. The lowest BCUT2D eigenvalue weighted by Gasteiger charge is -2.15. The van der Waals surface area contributed by atoms with Crippen molar-refractivity contribution in [2.75, 3.05) is 5.32 Å². The first kappa shape index (κ1) is 15.3. The molecule has 0 saturated heterocycles. The molecule has 7 heteroatoms. The number of amides is 1. The summed E-state index contributed by atoms with van der Waals surface area (Å²) in [6.45, 7) is 1.60. The standard InChI is InChI=1S/C12H10ClF3N2O/c1-2-7(6-17)11(19)18-10-4-3-8(13)5-9(10)12(14,15)16/h3-5,7H,2H2,1H3,(H,18,19). The Morgan fingerprint density at radius 3 is 2.63 bits per heavy atom. The molecule has 0 bridgehead atoms. The van der Waals surface area contributed by atoms with E-state index < -0.39 is 29.3 Å². The fourth-order valence-electron chi connectivity index (χ4n) is 1.42. The van der Waals surface area contributed by atoms with E-state index in [2.05, 4.69) is 5.32 Å². The highest BCUT2D eigenvalue weighted by Crippen LogP contribution is 2.36. The molecule has 0 spiro atoms. The lowest BCUT2D eigenvalue weighted by molar-refractivity contribution is -0.137. The van der Waals surface area contributed by atoms with E-state index in [0.717, 1.165) is 12.1 Å². The smallest absolute Gasteiger partial charge is 0.324 e. The van der Waals surface area contributed by atoms with E-state index in [0.29, 0.717) is 0 Å². The number of rotatable bonds is 3. The number of hydrogen-bond donors (Lipinski definition) is 1. The van der Waals surface area contributed by atoms with E-state index in [4.69, 9.17) is 16.9 Å². The summed E-state index contributed by atoms with van der Waals surface area (Å²) in [6.07, 6.45) is -4.42. The van der Waals surface area contributed by atoms with Gasteiger partial charge in [-0.1, -0.05) is 18.5 Å². The average Bonchev–Trinajstić information content (AvgIpc) is 2.31. The van der Waals surface area contributed by atoms with Crippen LogP contribution in [0.2, 0.25) is 5.02 Å². The quantitative estimate of drug-likeness (QED) is 0.919. The first-order valence-corrected chi connectivity index (χ1v) is 5.74. The van der Waals surface area contributed by atoms with Crippen molar-refractivity contribution in [1.82, 2.24) is 0 Å². The zero-order valence-corrected chi connectivity index (χ0v) is 10.6. The van der Waals surface area contributed by atoms with Gasteiger partial charge in [0.25, 0.3) is 0 Å². The van der Waals surface area contributed by atoms with Crippen LogP contribution < -0.4 is 5.32 Å². The molecule has 1 aromatic carbocycles. The summed E-state index contributed by atoms with van der Waals surface area (Å²) in [4.78, 5) is 11.6. The van der Waals surface area contributed by atoms with Crippen molar-refractivity contribution in [3.63, 3.8) is 0 Å². The van der Waals surface area contributed by atoms with Gasteiger partial charge in [-0.15, -0.1) is 0 Å². The van der Waals surface area contributed by atoms with Gasteiger partial charge in [0.2, 0.25) is 5.91 Å². The number of carbonyl (C=O) groups excluding carboxylic acids is 1. The van der Waals surface area contributed by atoms with Crippen molar-refractivity contribution in [2.45, 2.75) is 19.5 Å². The summed E-state index contributed by atoms with van der Waals surface area (Å²) < 4.78 is 38.3. The average molecular weight is 291 g/mol. The molecule has 19 heavy (non-hydrogen) atoms. The van der Waals surface area contributed by atoms with Crippen LogP contribution >= 0.6 is 11.6 Å². The Hall–Kier alpha value is -1.74. The third kappa shape index (κ3) is 3.86. The molecule has 0 aliphatic heterocycles. The molecule has 0 aromatic heterocycles. The number of nitrogens with one attached hydrogen (secondary N) is 1. The number of nitrogens with zero attached hydrogens (tertiary/aromatic N) is 1. The minimum Gasteiger partial charge on any atom is -0.324 e. The zero-order valence-electron chi connectivity index (χ0n) is 9.88. The van der Waals surface area contributed by atoms with Crippen LogP contribution in [-0.2, 0) is 11.0 Å². The number of anilines is 1. The molecule has 1 aromatic rings. The van der Waals surface area contributed by atoms with Crippen LogP contribution in [0.1, 0.15) is 18.9 Å². The van der Waals surface area contributed by atoms with Gasteiger partial charge < -0.3 is 5.32 Å². The van der Waals surface area contributed by atoms with Gasteiger partial charge >= 0.3 is 6.18 Å². The second-order valence-electron chi connectivity index (χ2n) is 3.77. The second kappa shape index (κ2) is 5.93. The third-order valence-electron chi connectivity index (χ3n) is 2.43. The van der Waals surface area contributed by atoms with E-state index in [1.165, 1.54) is 6.07 Å². The molecule has 0 saturated carbocycles. The fraction of sp³-hybridized carbons (Fsp3) is 0.333. The van der Waals surface area contributed by atoms with Crippen LogP contribution in [0.3, 0.4) is 0 Å². The maximum absolute atomic E-state index is 12.8. The van der Waals surface area contributed by atoms with Crippen LogP contribution in [0.5, 0.6) is 0 Å². The molecule has 0 radical (unpaired) electrons. The SMILES string of the molecule is CCC(C#N)C(=O)Nc1ccc(Cl)cc1C(F)(F)F. The molecule has 0 aliphatic rings. The zero-order chi connectivity index (χ0) is 14.6. The van der Waals surface area contributed by atoms with Crippen LogP contribution in [0.15, 0.2) is 18.2 Å². The van der Waals surface area contributed by atoms with Crippen LogP contribution in [0.25, 0.3) is 0 Å². The summed E-state index contributed by atoms with van der Waals surface area (Å²) in [5, 5.41) is 10.7. The molecule has 0 fully saturated rings. The maximum Gasteiger partial charge on any atom is 0.418 e. The van der Waals surface area contributed by atoms with Crippen molar-refractivity contribution >= 4 is 23.2 Å². The summed E-state index contributed by atoms with van der Waals surface area (Å²) in [6, 6.07) is 4.75. The summed E-state index contributed by atoms with van der Waals surface area (Å²) in [7, 11) is 0. The van der Waals surface area contributed by atoms with E-state index >= 15 is 0 Å². The van der Waals surface area contributed by atoms with Gasteiger partial charge in [0, 0.05) is 5.02 Å². The summed E-state index contributed by atoms with van der Waals surface area (Å²) >= 11 is 5.51. The summed E-state index contributed by atoms with van der Waals surface area (Å²) in [5.41, 5.74) is -1.45. The Morgan fingerprint density at radius 1 is 1.53 bits per heavy atom. The first-order chi connectivity index (χ1) is 8.79. The monoisotopic (exact) mass is 290 g/mol. The number of nitriles is 1. The highest BCUT2D eigenvalue weighted by Gasteiger charge is 2.34. The molecule has 0 aliphatic carbocycles. The van der Waals surface area contributed by atoms with Gasteiger partial charge in [-0.2, -0.15) is 18.4 Å². The Bertz CT molecular complexity index is 523. The normalized spacial score (nSPS) is 12.6. The fourth-order valence-corrected chi connectivity index (χ4v) is 1.59. The van der Waals surface area contributed by atoms with Gasteiger partial charge in [0.1, 0.15) is 5.92 Å². The predicted molar refractivity (Wildman–Crippen MR) is 64.5 cm³/mol. The molecule has 1 unspecified atom stereocenters. The minimum atomic E-state index is -4.64. The molecular formula is C12H10ClF3N2O. The van der Waals surface area contributed by atoms with Crippen molar-refractivity contribution in [1.29, 1.82) is 5.26 Å². The van der Waals surface area contributed by atoms with Crippen LogP contribution in [0.4, 0.5) is 18.9 Å². The molecule has 1 N–H and O–H groups in total. The van der Waals surface area contributed by atoms with Crippen molar-refractivity contribution in [3.05, 3.63) is 28.8 Å². The van der Waals surface area contributed by atoms with E-state index in [1.54, 1.807) is 13.0 Å². The Morgan fingerprint density at radius 2 is 2.16 bits per heavy atom. The van der Waals surface area contributed by atoms with Crippen LogP contribution in [0, 0.1) is 17.2 Å². The van der Waals surface area contributed by atoms with Gasteiger partial charge in [-0.25, -0.2) is 0 Å². The summed E-state index contributed by atoms with van der Waals surface area (Å²) in [5.74, 6) is -1.76. The third-order valence-corrected chi connectivity index (χ3v) is 2.66. The topological polar surface area (TPSA) is 52.9 Å². The lowest BCUT2D eigenvalue weighted by Crippen LogP contribution is -2.23. The Balaban J connectivity index is 3.09. The largest absolute Gasteiger partial charge is 0.418 e. The number of hydrogen-bond acceptors (Lipinski definition) is 2.